The van der Waals surface area contributed by atoms with Gasteiger partial charge in [-0.3, -0.25) is 9.59 Å². The van der Waals surface area contributed by atoms with Gasteiger partial charge in [-0.2, -0.15) is 0 Å². The highest BCUT2D eigenvalue weighted by Crippen LogP contribution is 2.24. The number of aromatic nitrogens is 1. The van der Waals surface area contributed by atoms with Gasteiger partial charge in [0, 0.05) is 23.9 Å². The van der Waals surface area contributed by atoms with Crippen molar-refractivity contribution in [3.8, 4) is 0 Å². The first kappa shape index (κ1) is 15.6. The lowest BCUT2D eigenvalue weighted by Gasteiger charge is -2.23. The Kier molecular flexibility index (Phi) is 5.47. The van der Waals surface area contributed by atoms with Gasteiger partial charge in [0.2, 0.25) is 5.91 Å². The Bertz CT molecular complexity index is 454. The van der Waals surface area contributed by atoms with Crippen molar-refractivity contribution in [3.63, 3.8) is 0 Å². The minimum Gasteiger partial charge on any atom is -0.481 e. The molecule has 0 bridgehead atoms. The molecule has 0 spiro atoms. The van der Waals surface area contributed by atoms with Crippen molar-refractivity contribution in [2.45, 2.75) is 52.0 Å². The molecule has 0 unspecified atom stereocenters. The van der Waals surface area contributed by atoms with Crippen LogP contribution < -0.4 is 5.32 Å². The van der Waals surface area contributed by atoms with Crippen molar-refractivity contribution in [2.75, 3.05) is 0 Å². The van der Waals surface area contributed by atoms with Crippen molar-refractivity contribution in [1.82, 2.24) is 10.3 Å². The molecule has 106 valence electrons. The van der Waals surface area contributed by atoms with Gasteiger partial charge in [0.25, 0.3) is 0 Å². The minimum absolute atomic E-state index is 0.0664. The number of aliphatic carboxylic acids is 1. The molecule has 1 amide bonds. The predicted octanol–water partition coefficient (Wildman–Crippen LogP) is 2.45. The molecule has 19 heavy (non-hydrogen) atoms. The number of unbranched alkanes of at least 4 members (excludes halogenated alkanes) is 1. The van der Waals surface area contributed by atoms with Crippen LogP contribution in [0, 0.1) is 6.92 Å². The number of thiazole rings is 1. The fraction of sp³-hybridized carbons (Fsp3) is 0.615. The first-order valence-electron chi connectivity index (χ1n) is 6.27. The van der Waals surface area contributed by atoms with Crippen LogP contribution in [0.4, 0.5) is 0 Å². The number of carboxylic acids is 1. The van der Waals surface area contributed by atoms with E-state index in [1.807, 2.05) is 20.8 Å². The van der Waals surface area contributed by atoms with E-state index in [9.17, 15) is 9.59 Å². The molecule has 0 saturated heterocycles. The van der Waals surface area contributed by atoms with Gasteiger partial charge in [0.05, 0.1) is 5.54 Å². The molecule has 1 rings (SSSR count). The molecule has 0 aliphatic carbocycles. The first-order chi connectivity index (χ1) is 8.81. The number of aryl methyl sites for hydroxylation is 1. The van der Waals surface area contributed by atoms with Gasteiger partial charge in [-0.1, -0.05) is 0 Å². The highest BCUT2D eigenvalue weighted by molar-refractivity contribution is 7.11. The average molecular weight is 284 g/mol. The molecule has 1 aromatic heterocycles. The van der Waals surface area contributed by atoms with E-state index in [1.165, 1.54) is 0 Å². The summed E-state index contributed by atoms with van der Waals surface area (Å²) < 4.78 is 0. The molecule has 1 heterocycles. The second kappa shape index (κ2) is 6.65. The van der Waals surface area contributed by atoms with Crippen molar-refractivity contribution in [3.05, 3.63) is 16.1 Å². The molecular formula is C13H20N2O3S. The lowest BCUT2D eigenvalue weighted by Crippen LogP contribution is -2.40. The summed E-state index contributed by atoms with van der Waals surface area (Å²) in [5.74, 6) is -0.887. The normalized spacial score (nSPS) is 11.3. The summed E-state index contributed by atoms with van der Waals surface area (Å²) in [6.07, 6.45) is 3.37. The minimum atomic E-state index is -0.820. The number of hydrogen-bond donors (Lipinski definition) is 2. The zero-order valence-electron chi connectivity index (χ0n) is 11.5. The van der Waals surface area contributed by atoms with E-state index in [0.717, 1.165) is 9.88 Å². The number of carboxylic acid groups (broad SMARTS) is 1. The summed E-state index contributed by atoms with van der Waals surface area (Å²) in [5, 5.41) is 12.3. The summed E-state index contributed by atoms with van der Waals surface area (Å²) >= 11 is 1.57. The van der Waals surface area contributed by atoms with E-state index in [-0.39, 0.29) is 12.3 Å². The Hall–Kier alpha value is -1.43. The van der Waals surface area contributed by atoms with Crippen molar-refractivity contribution < 1.29 is 14.7 Å². The Balaban J connectivity index is 2.40. The fourth-order valence-electron chi connectivity index (χ4n) is 1.67. The van der Waals surface area contributed by atoms with Gasteiger partial charge in [0.1, 0.15) is 5.01 Å². The quantitative estimate of drug-likeness (QED) is 0.754. The van der Waals surface area contributed by atoms with Crippen molar-refractivity contribution >= 4 is 23.2 Å². The van der Waals surface area contributed by atoms with E-state index >= 15 is 0 Å². The van der Waals surface area contributed by atoms with E-state index in [4.69, 9.17) is 5.11 Å². The Morgan fingerprint density at radius 3 is 2.53 bits per heavy atom. The third-order valence-electron chi connectivity index (χ3n) is 2.65. The van der Waals surface area contributed by atoms with Gasteiger partial charge in [0.15, 0.2) is 0 Å². The van der Waals surface area contributed by atoms with Gasteiger partial charge >= 0.3 is 5.97 Å². The Morgan fingerprint density at radius 1 is 1.37 bits per heavy atom. The van der Waals surface area contributed by atoms with Crippen molar-refractivity contribution in [2.24, 2.45) is 0 Å². The fourth-order valence-corrected chi connectivity index (χ4v) is 2.49. The maximum atomic E-state index is 11.8. The molecular weight excluding hydrogens is 264 g/mol. The molecule has 5 nitrogen and oxygen atoms in total. The molecule has 0 radical (unpaired) electrons. The standard InChI is InChI=1S/C13H20N2O3S/c1-9-8-14-12(19-9)13(2,3)15-10(16)6-4-5-7-11(17)18/h8H,4-7H2,1-3H3,(H,15,16)(H,17,18). The highest BCUT2D eigenvalue weighted by atomic mass is 32.1. The van der Waals surface area contributed by atoms with Crippen LogP contribution in [0.2, 0.25) is 0 Å². The van der Waals surface area contributed by atoms with Crippen molar-refractivity contribution in [1.29, 1.82) is 0 Å². The summed E-state index contributed by atoms with van der Waals surface area (Å²) in [5.41, 5.74) is -0.483. The van der Waals surface area contributed by atoms with Gasteiger partial charge in [-0.05, 0) is 33.6 Å². The van der Waals surface area contributed by atoms with Crippen LogP contribution in [0.25, 0.3) is 0 Å². The third-order valence-corrected chi connectivity index (χ3v) is 3.89. The van der Waals surface area contributed by atoms with Crippen LogP contribution in [-0.2, 0) is 15.1 Å². The zero-order valence-corrected chi connectivity index (χ0v) is 12.3. The zero-order chi connectivity index (χ0) is 14.5. The van der Waals surface area contributed by atoms with E-state index in [2.05, 4.69) is 10.3 Å². The molecule has 0 aromatic carbocycles. The predicted molar refractivity (Wildman–Crippen MR) is 74.1 cm³/mol. The SMILES string of the molecule is Cc1cnc(C(C)(C)NC(=O)CCCCC(=O)O)s1. The summed E-state index contributed by atoms with van der Waals surface area (Å²) in [4.78, 5) is 27.6. The van der Waals surface area contributed by atoms with Crippen LogP contribution in [-0.4, -0.2) is 22.0 Å². The number of carbonyl (C=O) groups excluding carboxylic acids is 1. The highest BCUT2D eigenvalue weighted by Gasteiger charge is 2.25. The van der Waals surface area contributed by atoms with Crippen LogP contribution in [0.15, 0.2) is 6.20 Å². The third kappa shape index (κ3) is 5.38. The number of amides is 1. The smallest absolute Gasteiger partial charge is 0.303 e. The number of hydrogen-bond acceptors (Lipinski definition) is 4. The summed E-state index contributed by atoms with van der Waals surface area (Å²) in [6, 6.07) is 0. The lowest BCUT2D eigenvalue weighted by atomic mass is 10.1. The number of rotatable bonds is 7. The summed E-state index contributed by atoms with van der Waals surface area (Å²) in [6.45, 7) is 5.81. The summed E-state index contributed by atoms with van der Waals surface area (Å²) in [7, 11) is 0. The van der Waals surface area contributed by atoms with Crippen LogP contribution in [0.1, 0.15) is 49.4 Å². The molecule has 1 aromatic rings. The molecule has 6 heteroatoms. The topological polar surface area (TPSA) is 79.3 Å². The van der Waals surface area contributed by atoms with Gasteiger partial charge < -0.3 is 10.4 Å². The number of nitrogens with one attached hydrogen (secondary N) is 1. The second-order valence-corrected chi connectivity index (χ2v) is 6.28. The van der Waals surface area contributed by atoms with Crippen LogP contribution in [0.3, 0.4) is 0 Å². The monoisotopic (exact) mass is 284 g/mol. The number of carbonyl (C=O) groups is 2. The van der Waals surface area contributed by atoms with Crippen LogP contribution >= 0.6 is 11.3 Å². The first-order valence-corrected chi connectivity index (χ1v) is 7.08. The second-order valence-electron chi connectivity index (χ2n) is 5.05. The lowest BCUT2D eigenvalue weighted by molar-refractivity contribution is -0.137. The number of nitrogens with zero attached hydrogens (tertiary/aromatic N) is 1. The molecule has 2 N–H and O–H groups in total. The molecule has 0 aliphatic heterocycles. The Labute approximate surface area is 117 Å². The largest absolute Gasteiger partial charge is 0.481 e. The maximum Gasteiger partial charge on any atom is 0.303 e. The average Bonchev–Trinajstić information content (AvgIpc) is 2.71. The molecule has 0 fully saturated rings. The van der Waals surface area contributed by atoms with E-state index in [1.54, 1.807) is 17.5 Å². The molecule has 0 saturated carbocycles. The molecule has 0 aliphatic rings. The maximum absolute atomic E-state index is 11.8. The van der Waals surface area contributed by atoms with E-state index < -0.39 is 11.5 Å². The van der Waals surface area contributed by atoms with E-state index in [0.29, 0.717) is 19.3 Å². The Morgan fingerprint density at radius 2 is 2.00 bits per heavy atom. The van der Waals surface area contributed by atoms with Gasteiger partial charge in [-0.15, -0.1) is 11.3 Å². The van der Waals surface area contributed by atoms with Gasteiger partial charge in [-0.25, -0.2) is 4.98 Å². The molecule has 0 atom stereocenters. The van der Waals surface area contributed by atoms with Crippen LogP contribution in [0.5, 0.6) is 0 Å².